The smallest absolute Gasteiger partial charge is 0.157 e. The van der Waals surface area contributed by atoms with Crippen LogP contribution in [0.1, 0.15) is 45.4 Å². The molecular weight excluding hydrogens is 176 g/mol. The molecule has 1 saturated heterocycles. The second-order valence-electron chi connectivity index (χ2n) is 4.61. The maximum absolute atomic E-state index is 5.64. The molecule has 1 heterocycles. The van der Waals surface area contributed by atoms with Crippen LogP contribution in [0, 0.1) is 11.8 Å². The van der Waals surface area contributed by atoms with Crippen LogP contribution >= 0.6 is 0 Å². The standard InChI is InChI=1S/C12H22O2/c1-2-13-12-8-11(9-14-12)10-6-4-3-5-7-10/h10-12H,2-9H2,1H3/t11-,12+/m1/s1. The molecule has 2 fully saturated rings. The van der Waals surface area contributed by atoms with Gasteiger partial charge >= 0.3 is 0 Å². The zero-order chi connectivity index (χ0) is 9.80. The zero-order valence-electron chi connectivity index (χ0n) is 9.21. The van der Waals surface area contributed by atoms with E-state index in [1.54, 1.807) is 0 Å². The van der Waals surface area contributed by atoms with E-state index in [9.17, 15) is 0 Å². The third-order valence-corrected chi connectivity index (χ3v) is 3.66. The molecule has 2 nitrogen and oxygen atoms in total. The molecule has 0 amide bonds. The van der Waals surface area contributed by atoms with Gasteiger partial charge in [0.25, 0.3) is 0 Å². The maximum Gasteiger partial charge on any atom is 0.157 e. The predicted octanol–water partition coefficient (Wildman–Crippen LogP) is 2.97. The van der Waals surface area contributed by atoms with Gasteiger partial charge in [-0.2, -0.15) is 0 Å². The molecule has 0 bridgehead atoms. The SMILES string of the molecule is CCO[C@@H]1C[C@@H](C2CCCCC2)CO1. The van der Waals surface area contributed by atoms with E-state index in [1.165, 1.54) is 32.1 Å². The Hall–Kier alpha value is -0.0800. The zero-order valence-corrected chi connectivity index (χ0v) is 9.21. The third kappa shape index (κ3) is 2.48. The second kappa shape index (κ2) is 5.13. The molecule has 2 atom stereocenters. The van der Waals surface area contributed by atoms with Crippen LogP contribution in [0.2, 0.25) is 0 Å². The minimum atomic E-state index is 0.104. The van der Waals surface area contributed by atoms with E-state index in [-0.39, 0.29) is 6.29 Å². The van der Waals surface area contributed by atoms with Crippen LogP contribution in [-0.2, 0) is 9.47 Å². The topological polar surface area (TPSA) is 18.5 Å². The molecule has 82 valence electrons. The van der Waals surface area contributed by atoms with Gasteiger partial charge in [-0.1, -0.05) is 32.1 Å². The monoisotopic (exact) mass is 198 g/mol. The molecule has 2 rings (SSSR count). The van der Waals surface area contributed by atoms with Crippen molar-refractivity contribution in [3.8, 4) is 0 Å². The highest BCUT2D eigenvalue weighted by Gasteiger charge is 2.32. The van der Waals surface area contributed by atoms with Gasteiger partial charge in [-0.15, -0.1) is 0 Å². The number of hydrogen-bond donors (Lipinski definition) is 0. The van der Waals surface area contributed by atoms with Crippen molar-refractivity contribution in [2.45, 2.75) is 51.7 Å². The lowest BCUT2D eigenvalue weighted by atomic mass is 9.79. The van der Waals surface area contributed by atoms with Crippen molar-refractivity contribution in [1.82, 2.24) is 0 Å². The summed E-state index contributed by atoms with van der Waals surface area (Å²) >= 11 is 0. The van der Waals surface area contributed by atoms with Gasteiger partial charge < -0.3 is 9.47 Å². The Morgan fingerprint density at radius 1 is 1.14 bits per heavy atom. The van der Waals surface area contributed by atoms with Gasteiger partial charge in [0.05, 0.1) is 6.61 Å². The fourth-order valence-electron chi connectivity index (χ4n) is 2.85. The Balaban J connectivity index is 1.76. The first-order valence-electron chi connectivity index (χ1n) is 6.13. The van der Waals surface area contributed by atoms with Crippen LogP contribution in [-0.4, -0.2) is 19.5 Å². The predicted molar refractivity (Wildman–Crippen MR) is 56.0 cm³/mol. The lowest BCUT2D eigenvalue weighted by molar-refractivity contribution is -0.106. The molecule has 0 aromatic rings. The van der Waals surface area contributed by atoms with Crippen molar-refractivity contribution < 1.29 is 9.47 Å². The normalized spacial score (nSPS) is 34.9. The second-order valence-corrected chi connectivity index (χ2v) is 4.61. The summed E-state index contributed by atoms with van der Waals surface area (Å²) in [6.07, 6.45) is 8.39. The van der Waals surface area contributed by atoms with Crippen LogP contribution in [0.3, 0.4) is 0 Å². The minimum Gasteiger partial charge on any atom is -0.353 e. The largest absolute Gasteiger partial charge is 0.353 e. The third-order valence-electron chi connectivity index (χ3n) is 3.66. The number of rotatable bonds is 3. The highest BCUT2D eigenvalue weighted by molar-refractivity contribution is 4.78. The first kappa shape index (κ1) is 10.4. The van der Waals surface area contributed by atoms with Crippen molar-refractivity contribution in [3.05, 3.63) is 0 Å². The van der Waals surface area contributed by atoms with Gasteiger partial charge in [-0.25, -0.2) is 0 Å². The van der Waals surface area contributed by atoms with Crippen molar-refractivity contribution in [2.75, 3.05) is 13.2 Å². The Morgan fingerprint density at radius 3 is 2.64 bits per heavy atom. The molecule has 0 aromatic heterocycles. The van der Waals surface area contributed by atoms with Crippen molar-refractivity contribution in [2.24, 2.45) is 11.8 Å². The summed E-state index contributed by atoms with van der Waals surface area (Å²) in [7, 11) is 0. The van der Waals surface area contributed by atoms with Crippen molar-refractivity contribution in [3.63, 3.8) is 0 Å². The van der Waals surface area contributed by atoms with E-state index in [2.05, 4.69) is 0 Å². The molecule has 0 radical (unpaired) electrons. The minimum absolute atomic E-state index is 0.104. The summed E-state index contributed by atoms with van der Waals surface area (Å²) in [4.78, 5) is 0. The van der Waals surface area contributed by atoms with E-state index >= 15 is 0 Å². The van der Waals surface area contributed by atoms with Gasteiger partial charge in [0.2, 0.25) is 0 Å². The van der Waals surface area contributed by atoms with Gasteiger partial charge in [0.15, 0.2) is 6.29 Å². The van der Waals surface area contributed by atoms with Crippen molar-refractivity contribution in [1.29, 1.82) is 0 Å². The molecular formula is C12H22O2. The summed E-state index contributed by atoms with van der Waals surface area (Å²) in [6, 6.07) is 0. The van der Waals surface area contributed by atoms with Crippen LogP contribution in [0.5, 0.6) is 0 Å². The average molecular weight is 198 g/mol. The van der Waals surface area contributed by atoms with E-state index in [0.29, 0.717) is 0 Å². The lowest BCUT2D eigenvalue weighted by Crippen LogP contribution is -2.18. The fourth-order valence-corrected chi connectivity index (χ4v) is 2.85. The van der Waals surface area contributed by atoms with E-state index in [4.69, 9.17) is 9.47 Å². The fraction of sp³-hybridized carbons (Fsp3) is 1.00. The van der Waals surface area contributed by atoms with Crippen LogP contribution in [0.4, 0.5) is 0 Å². The molecule has 1 saturated carbocycles. The first-order chi connectivity index (χ1) is 6.90. The summed E-state index contributed by atoms with van der Waals surface area (Å²) in [5, 5.41) is 0. The molecule has 2 heteroatoms. The first-order valence-corrected chi connectivity index (χ1v) is 6.13. The lowest BCUT2D eigenvalue weighted by Gasteiger charge is -2.26. The highest BCUT2D eigenvalue weighted by Crippen LogP contribution is 2.36. The molecule has 0 unspecified atom stereocenters. The Bertz CT molecular complexity index is 164. The average Bonchev–Trinajstić information content (AvgIpc) is 2.68. The molecule has 14 heavy (non-hydrogen) atoms. The van der Waals surface area contributed by atoms with E-state index in [1.807, 2.05) is 6.92 Å². The summed E-state index contributed by atoms with van der Waals surface area (Å²) in [6.45, 7) is 3.76. The molecule has 0 aromatic carbocycles. The number of ether oxygens (including phenoxy) is 2. The van der Waals surface area contributed by atoms with Crippen molar-refractivity contribution >= 4 is 0 Å². The van der Waals surface area contributed by atoms with E-state index < -0.39 is 0 Å². The Morgan fingerprint density at radius 2 is 1.93 bits per heavy atom. The summed E-state index contributed by atoms with van der Waals surface area (Å²) in [5.41, 5.74) is 0. The molecule has 1 aliphatic heterocycles. The Kier molecular flexibility index (Phi) is 3.82. The van der Waals surface area contributed by atoms with Gasteiger partial charge in [-0.05, 0) is 18.8 Å². The molecule has 0 spiro atoms. The van der Waals surface area contributed by atoms with Crippen LogP contribution < -0.4 is 0 Å². The Labute approximate surface area is 87.0 Å². The van der Waals surface area contributed by atoms with Gasteiger partial charge in [0.1, 0.15) is 0 Å². The van der Waals surface area contributed by atoms with Gasteiger partial charge in [0, 0.05) is 13.0 Å². The summed E-state index contributed by atoms with van der Waals surface area (Å²) in [5.74, 6) is 1.71. The number of hydrogen-bond acceptors (Lipinski definition) is 2. The van der Waals surface area contributed by atoms with Gasteiger partial charge in [-0.3, -0.25) is 0 Å². The molecule has 1 aliphatic carbocycles. The quantitative estimate of drug-likeness (QED) is 0.694. The van der Waals surface area contributed by atoms with Crippen LogP contribution in [0.25, 0.3) is 0 Å². The van der Waals surface area contributed by atoms with E-state index in [0.717, 1.165) is 31.5 Å². The van der Waals surface area contributed by atoms with Crippen LogP contribution in [0.15, 0.2) is 0 Å². The summed E-state index contributed by atoms with van der Waals surface area (Å²) < 4.78 is 11.1. The molecule has 0 N–H and O–H groups in total. The molecule has 2 aliphatic rings. The maximum atomic E-state index is 5.64. The highest BCUT2D eigenvalue weighted by atomic mass is 16.7.